The largest absolute Gasteiger partial charge is 0.490 e. The van der Waals surface area contributed by atoms with Crippen molar-refractivity contribution < 1.29 is 40.4 Å². The van der Waals surface area contributed by atoms with Gasteiger partial charge in [0, 0.05) is 29.0 Å². The normalized spacial score (nSPS) is 13.1. The molecule has 3 rings (SSSR count). The summed E-state index contributed by atoms with van der Waals surface area (Å²) in [5.74, 6) is -5.37. The molecule has 0 spiro atoms. The lowest BCUT2D eigenvalue weighted by atomic mass is 10.1. The van der Waals surface area contributed by atoms with E-state index in [9.17, 15) is 31.0 Å². The Balaban J connectivity index is 2.13. The number of hydrogen-bond acceptors (Lipinski definition) is 7. The molecule has 1 heterocycles. The van der Waals surface area contributed by atoms with E-state index in [0.717, 1.165) is 20.3 Å². The summed E-state index contributed by atoms with van der Waals surface area (Å²) in [6.07, 6.45) is -3.83. The summed E-state index contributed by atoms with van der Waals surface area (Å²) in [6, 6.07) is 6.52. The predicted octanol–water partition coefficient (Wildman–Crippen LogP) is 5.17. The maximum Gasteiger partial charge on any atom is 0.435 e. The SMILES string of the molecule is COc1c(F)cc(F)cc1Oc1nnc(C(F)(F)F)c(C)c1C(=O)Nc1cccc(S(C)(=N)=O)c1. The molecule has 2 N–H and O–H groups in total. The Hall–Kier alpha value is -3.81. The van der Waals surface area contributed by atoms with Crippen LogP contribution in [0.2, 0.25) is 0 Å². The van der Waals surface area contributed by atoms with E-state index < -0.39 is 67.6 Å². The number of nitrogens with zero attached hydrogens (tertiary/aromatic N) is 2. The van der Waals surface area contributed by atoms with E-state index in [0.29, 0.717) is 12.1 Å². The molecular weight excluding hydrogens is 499 g/mol. The lowest BCUT2D eigenvalue weighted by Gasteiger charge is -2.17. The minimum atomic E-state index is -4.98. The number of ether oxygens (including phenoxy) is 2. The number of nitrogens with one attached hydrogen (secondary N) is 2. The highest BCUT2D eigenvalue weighted by atomic mass is 32.2. The minimum absolute atomic E-state index is 0.0134. The molecular formula is C21H17F5N4O4S. The lowest BCUT2D eigenvalue weighted by Crippen LogP contribution is -2.21. The van der Waals surface area contributed by atoms with Crippen molar-refractivity contribution in [1.29, 1.82) is 4.78 Å². The zero-order valence-electron chi connectivity index (χ0n) is 18.3. The van der Waals surface area contributed by atoms with Crippen LogP contribution in [-0.4, -0.2) is 33.7 Å². The highest BCUT2D eigenvalue weighted by molar-refractivity contribution is 7.91. The van der Waals surface area contributed by atoms with Crippen LogP contribution in [0.1, 0.15) is 21.6 Å². The molecule has 0 fully saturated rings. The van der Waals surface area contributed by atoms with Crippen LogP contribution in [0.15, 0.2) is 41.3 Å². The third-order valence-electron chi connectivity index (χ3n) is 4.61. The summed E-state index contributed by atoms with van der Waals surface area (Å²) >= 11 is 0. The second kappa shape index (κ2) is 9.44. The van der Waals surface area contributed by atoms with Crippen LogP contribution in [0, 0.1) is 23.3 Å². The predicted molar refractivity (Wildman–Crippen MR) is 114 cm³/mol. The van der Waals surface area contributed by atoms with Crippen LogP contribution in [0.3, 0.4) is 0 Å². The van der Waals surface area contributed by atoms with E-state index in [1.807, 2.05) is 0 Å². The molecule has 0 bridgehead atoms. The van der Waals surface area contributed by atoms with Gasteiger partial charge in [-0.15, -0.1) is 10.2 Å². The second-order valence-electron chi connectivity index (χ2n) is 7.20. The summed E-state index contributed by atoms with van der Waals surface area (Å²) in [7, 11) is -2.11. The van der Waals surface area contributed by atoms with Crippen molar-refractivity contribution in [2.24, 2.45) is 0 Å². The van der Waals surface area contributed by atoms with Crippen LogP contribution < -0.4 is 14.8 Å². The van der Waals surface area contributed by atoms with Gasteiger partial charge in [-0.2, -0.15) is 13.2 Å². The lowest BCUT2D eigenvalue weighted by molar-refractivity contribution is -0.142. The number of benzene rings is 2. The van der Waals surface area contributed by atoms with Crippen molar-refractivity contribution in [3.8, 4) is 17.4 Å². The fraction of sp³-hybridized carbons (Fsp3) is 0.190. The van der Waals surface area contributed by atoms with Crippen LogP contribution in [0.5, 0.6) is 17.4 Å². The summed E-state index contributed by atoms with van der Waals surface area (Å²) in [5.41, 5.74) is -2.87. The highest BCUT2D eigenvalue weighted by Crippen LogP contribution is 2.38. The van der Waals surface area contributed by atoms with Gasteiger partial charge in [-0.05, 0) is 30.7 Å². The maximum absolute atomic E-state index is 14.0. The molecule has 0 radical (unpaired) electrons. The van der Waals surface area contributed by atoms with Crippen LogP contribution in [0.4, 0.5) is 27.6 Å². The van der Waals surface area contributed by atoms with Crippen LogP contribution in [0.25, 0.3) is 0 Å². The van der Waals surface area contributed by atoms with Gasteiger partial charge in [0.15, 0.2) is 23.0 Å². The van der Waals surface area contributed by atoms with Gasteiger partial charge in [0.05, 0.1) is 16.8 Å². The van der Waals surface area contributed by atoms with Crippen LogP contribution >= 0.6 is 0 Å². The Bertz CT molecular complexity index is 1410. The summed E-state index contributed by atoms with van der Waals surface area (Å²) < 4.78 is 97.9. The Morgan fingerprint density at radius 1 is 1.14 bits per heavy atom. The molecule has 2 aromatic carbocycles. The van der Waals surface area contributed by atoms with Crippen LogP contribution in [-0.2, 0) is 15.9 Å². The van der Waals surface area contributed by atoms with Crippen molar-refractivity contribution in [2.75, 3.05) is 18.7 Å². The van der Waals surface area contributed by atoms with Gasteiger partial charge in [0.2, 0.25) is 0 Å². The number of rotatable bonds is 6. The van der Waals surface area contributed by atoms with Gasteiger partial charge in [0.25, 0.3) is 11.8 Å². The molecule has 1 aromatic heterocycles. The highest BCUT2D eigenvalue weighted by Gasteiger charge is 2.38. The van der Waals surface area contributed by atoms with E-state index in [-0.39, 0.29) is 10.6 Å². The second-order valence-corrected chi connectivity index (χ2v) is 9.36. The third-order valence-corrected chi connectivity index (χ3v) is 5.76. The Morgan fingerprint density at radius 3 is 2.43 bits per heavy atom. The Kier molecular flexibility index (Phi) is 6.96. The smallest absolute Gasteiger partial charge is 0.435 e. The van der Waals surface area contributed by atoms with Crippen molar-refractivity contribution in [1.82, 2.24) is 10.2 Å². The topological polar surface area (TPSA) is 114 Å². The average molecular weight is 516 g/mol. The van der Waals surface area contributed by atoms with Crippen molar-refractivity contribution in [3.63, 3.8) is 0 Å². The van der Waals surface area contributed by atoms with Gasteiger partial charge >= 0.3 is 6.18 Å². The Labute approximate surface area is 196 Å². The number of carbonyl (C=O) groups excluding carboxylic acids is 1. The molecule has 1 amide bonds. The molecule has 0 saturated carbocycles. The molecule has 0 aliphatic heterocycles. The van der Waals surface area contributed by atoms with E-state index in [1.165, 1.54) is 24.3 Å². The van der Waals surface area contributed by atoms with Gasteiger partial charge < -0.3 is 14.8 Å². The molecule has 35 heavy (non-hydrogen) atoms. The number of alkyl halides is 3. The number of carbonyl (C=O) groups is 1. The minimum Gasteiger partial charge on any atom is -0.490 e. The standard InChI is InChI=1S/C21H17F5N4O4S/c1-10-16(19(31)28-12-5-4-6-13(9-12)35(3,27)32)20(30-29-18(10)21(24,25)26)34-15-8-11(22)7-14(23)17(15)33-2/h4-9,27H,1-3H3,(H,28,31). The molecule has 0 saturated heterocycles. The van der Waals surface area contributed by atoms with E-state index in [4.69, 9.17) is 14.3 Å². The first-order chi connectivity index (χ1) is 16.2. The zero-order chi connectivity index (χ0) is 26.1. The zero-order valence-corrected chi connectivity index (χ0v) is 19.1. The third kappa shape index (κ3) is 5.65. The van der Waals surface area contributed by atoms with Crippen molar-refractivity contribution in [2.45, 2.75) is 18.0 Å². The Morgan fingerprint density at radius 2 is 1.83 bits per heavy atom. The average Bonchev–Trinajstić information content (AvgIpc) is 2.72. The number of anilines is 1. The first-order valence-electron chi connectivity index (χ1n) is 9.53. The van der Waals surface area contributed by atoms with E-state index in [2.05, 4.69) is 15.5 Å². The first-order valence-corrected chi connectivity index (χ1v) is 11.5. The van der Waals surface area contributed by atoms with E-state index >= 15 is 0 Å². The molecule has 3 aromatic rings. The number of halogens is 5. The van der Waals surface area contributed by atoms with E-state index in [1.54, 1.807) is 0 Å². The first kappa shape index (κ1) is 25.8. The molecule has 14 heteroatoms. The number of hydrogen-bond donors (Lipinski definition) is 2. The summed E-state index contributed by atoms with van der Waals surface area (Å²) in [6.45, 7) is 0.946. The monoisotopic (exact) mass is 516 g/mol. The van der Waals surface area contributed by atoms with Gasteiger partial charge in [0.1, 0.15) is 11.4 Å². The molecule has 0 aliphatic rings. The fourth-order valence-electron chi connectivity index (χ4n) is 3.03. The number of amides is 1. The maximum atomic E-state index is 14.0. The quantitative estimate of drug-likeness (QED) is 0.437. The van der Waals surface area contributed by atoms with Gasteiger partial charge in [-0.3, -0.25) is 4.79 Å². The molecule has 1 atom stereocenters. The summed E-state index contributed by atoms with van der Waals surface area (Å²) in [5, 5.41) is 8.72. The molecule has 186 valence electrons. The number of methoxy groups -OCH3 is 1. The number of aromatic nitrogens is 2. The molecule has 0 aliphatic carbocycles. The van der Waals surface area contributed by atoms with Crippen molar-refractivity contribution >= 4 is 21.3 Å². The summed E-state index contributed by atoms with van der Waals surface area (Å²) in [4.78, 5) is 13.1. The van der Waals surface area contributed by atoms with Gasteiger partial charge in [-0.1, -0.05) is 6.07 Å². The fourth-order valence-corrected chi connectivity index (χ4v) is 3.72. The molecule has 1 unspecified atom stereocenters. The van der Waals surface area contributed by atoms with Crippen molar-refractivity contribution in [3.05, 3.63) is 64.9 Å². The molecule has 8 nitrogen and oxygen atoms in total. The van der Waals surface area contributed by atoms with Gasteiger partial charge in [-0.25, -0.2) is 17.8 Å².